The van der Waals surface area contributed by atoms with E-state index in [9.17, 15) is 9.90 Å². The first kappa shape index (κ1) is 27.9. The van der Waals surface area contributed by atoms with Gasteiger partial charge in [0.25, 0.3) is 0 Å². The minimum absolute atomic E-state index is 0.0481. The number of allylic oxidation sites excluding steroid dienone is 1. The molecule has 6 nitrogen and oxygen atoms in total. The number of ether oxygens (including phenoxy) is 2. The van der Waals surface area contributed by atoms with Gasteiger partial charge in [0.1, 0.15) is 0 Å². The van der Waals surface area contributed by atoms with Crippen LogP contribution in [0.4, 0.5) is 0 Å². The van der Waals surface area contributed by atoms with E-state index >= 15 is 0 Å². The van der Waals surface area contributed by atoms with Crippen molar-refractivity contribution in [3.63, 3.8) is 0 Å². The Morgan fingerprint density at radius 2 is 1.74 bits per heavy atom. The van der Waals surface area contributed by atoms with E-state index in [4.69, 9.17) is 9.47 Å². The Morgan fingerprint density at radius 3 is 2.37 bits per heavy atom. The molecule has 1 aromatic carbocycles. The SMILES string of the molecule is COCC(C)(COC)C(=O)N(C)CCCN(C)CC[C@@]1(O)C[C@@H]2CC[C@H]1C(c1ccccc1)=C2C. The molecule has 0 unspecified atom stereocenters. The third kappa shape index (κ3) is 6.34. The van der Waals surface area contributed by atoms with Gasteiger partial charge in [-0.1, -0.05) is 35.9 Å². The van der Waals surface area contributed by atoms with E-state index in [1.165, 1.54) is 23.1 Å². The average molecular weight is 487 g/mol. The highest BCUT2D eigenvalue weighted by atomic mass is 16.5. The number of nitrogens with zero attached hydrogens (tertiary/aromatic N) is 2. The molecular weight excluding hydrogens is 440 g/mol. The number of aliphatic hydroxyl groups is 1. The van der Waals surface area contributed by atoms with Gasteiger partial charge in [0.15, 0.2) is 0 Å². The van der Waals surface area contributed by atoms with Crippen LogP contribution in [0.3, 0.4) is 0 Å². The maximum absolute atomic E-state index is 13.0. The van der Waals surface area contributed by atoms with E-state index < -0.39 is 11.0 Å². The molecule has 1 saturated carbocycles. The van der Waals surface area contributed by atoms with Gasteiger partial charge in [-0.15, -0.1) is 0 Å². The predicted molar refractivity (Wildman–Crippen MR) is 141 cm³/mol. The molecule has 1 aromatic rings. The number of carbonyl (C=O) groups is 1. The number of amides is 1. The van der Waals surface area contributed by atoms with E-state index in [2.05, 4.69) is 49.2 Å². The fourth-order valence-corrected chi connectivity index (χ4v) is 6.35. The Labute approximate surface area is 212 Å². The van der Waals surface area contributed by atoms with Gasteiger partial charge in [-0.3, -0.25) is 4.79 Å². The molecule has 0 aromatic heterocycles. The second-order valence-electron chi connectivity index (χ2n) is 11.2. The molecule has 196 valence electrons. The first-order valence-corrected chi connectivity index (χ1v) is 13.1. The largest absolute Gasteiger partial charge is 0.389 e. The maximum Gasteiger partial charge on any atom is 0.232 e. The summed E-state index contributed by atoms with van der Waals surface area (Å²) in [6.07, 6.45) is 4.80. The van der Waals surface area contributed by atoms with E-state index in [-0.39, 0.29) is 11.8 Å². The molecule has 1 N–H and O–H groups in total. The van der Waals surface area contributed by atoms with E-state index in [0.29, 0.717) is 25.7 Å². The lowest BCUT2D eigenvalue weighted by Crippen LogP contribution is -2.49. The number of hydrogen-bond acceptors (Lipinski definition) is 5. The fourth-order valence-electron chi connectivity index (χ4n) is 6.35. The average Bonchev–Trinajstić information content (AvgIpc) is 2.84. The number of fused-ring (bicyclic) bond motifs is 2. The molecule has 0 heterocycles. The van der Waals surface area contributed by atoms with Crippen molar-refractivity contribution in [2.45, 2.75) is 51.6 Å². The maximum atomic E-state index is 13.0. The second-order valence-corrected chi connectivity index (χ2v) is 11.2. The fraction of sp³-hybridized carbons (Fsp3) is 0.690. The molecule has 2 bridgehead atoms. The van der Waals surface area contributed by atoms with Crippen LogP contribution in [0.25, 0.3) is 5.57 Å². The van der Waals surface area contributed by atoms with E-state index in [1.54, 1.807) is 19.1 Å². The molecule has 0 saturated heterocycles. The van der Waals surface area contributed by atoms with Crippen LogP contribution in [-0.4, -0.2) is 87.6 Å². The van der Waals surface area contributed by atoms with Gasteiger partial charge in [-0.2, -0.15) is 0 Å². The van der Waals surface area contributed by atoms with Crippen molar-refractivity contribution in [3.8, 4) is 0 Å². The molecule has 0 aliphatic heterocycles. The Hall–Kier alpha value is -1.73. The Morgan fingerprint density at radius 1 is 1.09 bits per heavy atom. The molecule has 3 aliphatic rings. The first-order valence-electron chi connectivity index (χ1n) is 13.1. The zero-order valence-electron chi connectivity index (χ0n) is 22.7. The molecule has 35 heavy (non-hydrogen) atoms. The van der Waals surface area contributed by atoms with Crippen LogP contribution in [0.5, 0.6) is 0 Å². The minimum atomic E-state index is -0.671. The van der Waals surface area contributed by atoms with Gasteiger partial charge in [0.2, 0.25) is 5.91 Å². The Balaban J connectivity index is 1.52. The van der Waals surface area contributed by atoms with Crippen molar-refractivity contribution < 1.29 is 19.4 Å². The molecule has 4 rings (SSSR count). The second kappa shape index (κ2) is 12.0. The molecular formula is C29H46N2O4. The van der Waals surface area contributed by atoms with Crippen LogP contribution >= 0.6 is 0 Å². The molecule has 0 spiro atoms. The van der Waals surface area contributed by atoms with Crippen molar-refractivity contribution in [3.05, 3.63) is 41.5 Å². The van der Waals surface area contributed by atoms with Crippen molar-refractivity contribution in [1.82, 2.24) is 9.80 Å². The van der Waals surface area contributed by atoms with Crippen molar-refractivity contribution in [1.29, 1.82) is 0 Å². The molecule has 1 amide bonds. The number of carbonyl (C=O) groups excluding carboxylic acids is 1. The standard InChI is InChI=1S/C29H46N2O4/c1-22-24-13-14-25(26(22)23-11-8-7-9-12-23)29(33,19-24)15-18-30(3)16-10-17-31(4)27(32)28(2,20-34-5)21-35-6/h7-9,11-12,24-25,33H,10,13-21H2,1-6H3/t24-,25-,29+/m0/s1. The lowest BCUT2D eigenvalue weighted by Gasteiger charge is -2.51. The first-order chi connectivity index (χ1) is 16.6. The molecule has 3 aliphatic carbocycles. The lowest BCUT2D eigenvalue weighted by atomic mass is 9.57. The molecule has 6 heteroatoms. The zero-order chi connectivity index (χ0) is 25.6. The summed E-state index contributed by atoms with van der Waals surface area (Å²) in [5, 5.41) is 11.8. The van der Waals surface area contributed by atoms with Gasteiger partial charge in [0, 0.05) is 40.3 Å². The van der Waals surface area contributed by atoms with Crippen molar-refractivity contribution >= 4 is 11.5 Å². The van der Waals surface area contributed by atoms with Gasteiger partial charge in [0.05, 0.1) is 24.2 Å². The van der Waals surface area contributed by atoms with Gasteiger partial charge >= 0.3 is 0 Å². The summed E-state index contributed by atoms with van der Waals surface area (Å²) in [5.41, 5.74) is 2.82. The highest BCUT2D eigenvalue weighted by Crippen LogP contribution is 2.54. The summed E-state index contributed by atoms with van der Waals surface area (Å²) < 4.78 is 10.5. The van der Waals surface area contributed by atoms with Crippen LogP contribution in [0.1, 0.15) is 51.5 Å². The van der Waals surface area contributed by atoms with Crippen molar-refractivity contribution in [2.75, 3.05) is 61.2 Å². The van der Waals surface area contributed by atoms with Crippen LogP contribution in [0.2, 0.25) is 0 Å². The molecule has 1 fully saturated rings. The van der Waals surface area contributed by atoms with E-state index in [0.717, 1.165) is 38.8 Å². The summed E-state index contributed by atoms with van der Waals surface area (Å²) in [5.74, 6) is 0.747. The monoisotopic (exact) mass is 486 g/mol. The third-order valence-electron chi connectivity index (χ3n) is 8.27. The number of benzene rings is 1. The van der Waals surface area contributed by atoms with Crippen LogP contribution < -0.4 is 0 Å². The molecule has 0 radical (unpaired) electrons. The van der Waals surface area contributed by atoms with Crippen LogP contribution in [0.15, 0.2) is 35.9 Å². The zero-order valence-corrected chi connectivity index (χ0v) is 22.7. The highest BCUT2D eigenvalue weighted by Gasteiger charge is 2.49. The minimum Gasteiger partial charge on any atom is -0.389 e. The van der Waals surface area contributed by atoms with Gasteiger partial charge in [-0.05, 0) is 76.6 Å². The smallest absolute Gasteiger partial charge is 0.232 e. The third-order valence-corrected chi connectivity index (χ3v) is 8.27. The summed E-state index contributed by atoms with van der Waals surface area (Å²) in [4.78, 5) is 17.0. The van der Waals surface area contributed by atoms with Gasteiger partial charge < -0.3 is 24.4 Å². The number of methoxy groups -OCH3 is 2. The summed E-state index contributed by atoms with van der Waals surface area (Å²) >= 11 is 0. The Bertz CT molecular complexity index is 865. The summed E-state index contributed by atoms with van der Waals surface area (Å²) in [6.45, 7) is 7.25. The number of rotatable bonds is 13. The highest BCUT2D eigenvalue weighted by molar-refractivity contribution is 5.82. The van der Waals surface area contributed by atoms with E-state index in [1.807, 2.05) is 14.0 Å². The van der Waals surface area contributed by atoms with Gasteiger partial charge in [-0.25, -0.2) is 0 Å². The topological polar surface area (TPSA) is 62.2 Å². The number of hydrogen-bond donors (Lipinski definition) is 1. The van der Waals surface area contributed by atoms with Crippen LogP contribution in [-0.2, 0) is 14.3 Å². The predicted octanol–water partition coefficient (Wildman–Crippen LogP) is 4.09. The van der Waals surface area contributed by atoms with Crippen molar-refractivity contribution in [2.24, 2.45) is 17.3 Å². The van der Waals surface area contributed by atoms with Crippen LogP contribution in [0, 0.1) is 17.3 Å². The summed E-state index contributed by atoms with van der Waals surface area (Å²) in [7, 11) is 7.20. The normalized spacial score (nSPS) is 24.3. The Kier molecular flexibility index (Phi) is 9.55. The molecule has 3 atom stereocenters. The lowest BCUT2D eigenvalue weighted by molar-refractivity contribution is -0.146. The summed E-state index contributed by atoms with van der Waals surface area (Å²) in [6, 6.07) is 10.6. The quantitative estimate of drug-likeness (QED) is 0.455.